The lowest BCUT2D eigenvalue weighted by Gasteiger charge is -2.29. The Morgan fingerprint density at radius 2 is 2.06 bits per heavy atom. The molecule has 1 unspecified atom stereocenters. The Bertz CT molecular complexity index is 444. The molecule has 0 heterocycles. The predicted molar refractivity (Wildman–Crippen MR) is 78.5 cm³/mol. The summed E-state index contributed by atoms with van der Waals surface area (Å²) >= 11 is 3.40. The third kappa shape index (κ3) is 3.26. The molecule has 1 aromatic rings. The molecule has 96 valence electrons. The highest BCUT2D eigenvalue weighted by atomic mass is 79.9. The number of benzene rings is 1. The lowest BCUT2D eigenvalue weighted by molar-refractivity contribution is 0.328. The van der Waals surface area contributed by atoms with Crippen LogP contribution in [0.15, 0.2) is 22.7 Å². The predicted octanol–water partition coefficient (Wildman–Crippen LogP) is 4.70. The molecule has 18 heavy (non-hydrogen) atoms. The van der Waals surface area contributed by atoms with Gasteiger partial charge in [-0.15, -0.1) is 0 Å². The van der Waals surface area contributed by atoms with Gasteiger partial charge in [0.15, 0.2) is 0 Å². The van der Waals surface area contributed by atoms with E-state index < -0.39 is 0 Å². The van der Waals surface area contributed by atoms with E-state index in [1.165, 1.54) is 32.1 Å². The summed E-state index contributed by atoms with van der Waals surface area (Å²) in [5.74, 6) is 0.744. The molecule has 1 fully saturated rings. The maximum atomic E-state index is 9.16. The van der Waals surface area contributed by atoms with Gasteiger partial charge in [0.1, 0.15) is 6.07 Å². The quantitative estimate of drug-likeness (QED) is 0.878. The zero-order valence-corrected chi connectivity index (χ0v) is 12.3. The second-order valence-electron chi connectivity index (χ2n) is 5.13. The first-order valence-corrected chi connectivity index (χ1v) is 7.46. The molecule has 0 aromatic heterocycles. The molecule has 1 atom stereocenters. The third-order valence-corrected chi connectivity index (χ3v) is 4.34. The standard InChI is InChI=1S/C15H19BrN2/c1-11(12-5-3-2-4-6-12)18-15-8-7-14(16)9-13(15)10-17/h7-9,11-12,18H,2-6H2,1H3. The van der Waals surface area contributed by atoms with Gasteiger partial charge in [-0.2, -0.15) is 5.26 Å². The Kier molecular flexibility index (Phi) is 4.66. The van der Waals surface area contributed by atoms with Gasteiger partial charge in [0.05, 0.1) is 11.3 Å². The Morgan fingerprint density at radius 1 is 1.33 bits per heavy atom. The summed E-state index contributed by atoms with van der Waals surface area (Å²) in [7, 11) is 0. The summed E-state index contributed by atoms with van der Waals surface area (Å²) in [6.07, 6.45) is 6.70. The highest BCUT2D eigenvalue weighted by Crippen LogP contribution is 2.29. The first-order chi connectivity index (χ1) is 8.70. The van der Waals surface area contributed by atoms with E-state index in [4.69, 9.17) is 5.26 Å². The van der Waals surface area contributed by atoms with Crippen LogP contribution in [-0.2, 0) is 0 Å². The third-order valence-electron chi connectivity index (χ3n) is 3.84. The number of halogens is 1. The van der Waals surface area contributed by atoms with Gasteiger partial charge >= 0.3 is 0 Å². The fraction of sp³-hybridized carbons (Fsp3) is 0.533. The van der Waals surface area contributed by atoms with Gasteiger partial charge in [0.2, 0.25) is 0 Å². The Hall–Kier alpha value is -1.01. The maximum Gasteiger partial charge on any atom is 0.101 e. The average molecular weight is 307 g/mol. The maximum absolute atomic E-state index is 9.16. The molecular formula is C15H19BrN2. The molecule has 0 saturated heterocycles. The fourth-order valence-corrected chi connectivity index (χ4v) is 3.09. The van der Waals surface area contributed by atoms with Crippen LogP contribution in [-0.4, -0.2) is 6.04 Å². The van der Waals surface area contributed by atoms with Crippen LogP contribution < -0.4 is 5.32 Å². The molecule has 0 amide bonds. The van der Waals surface area contributed by atoms with Crippen molar-refractivity contribution in [3.8, 4) is 6.07 Å². The number of nitriles is 1. The van der Waals surface area contributed by atoms with Gasteiger partial charge in [0.25, 0.3) is 0 Å². The van der Waals surface area contributed by atoms with Crippen molar-refractivity contribution in [2.45, 2.75) is 45.1 Å². The lowest BCUT2D eigenvalue weighted by Crippen LogP contribution is -2.27. The van der Waals surface area contributed by atoms with Gasteiger partial charge < -0.3 is 5.32 Å². The van der Waals surface area contributed by atoms with E-state index in [0.717, 1.165) is 16.1 Å². The first-order valence-electron chi connectivity index (χ1n) is 6.67. The average Bonchev–Trinajstić information content (AvgIpc) is 2.41. The summed E-state index contributed by atoms with van der Waals surface area (Å²) in [6, 6.07) is 8.54. The summed E-state index contributed by atoms with van der Waals surface area (Å²) in [5, 5.41) is 12.7. The van der Waals surface area contributed by atoms with Gasteiger partial charge in [-0.3, -0.25) is 0 Å². The molecule has 0 spiro atoms. The normalized spacial score (nSPS) is 18.1. The summed E-state index contributed by atoms with van der Waals surface area (Å²) in [4.78, 5) is 0. The van der Waals surface area contributed by atoms with Crippen molar-refractivity contribution in [2.75, 3.05) is 5.32 Å². The van der Waals surface area contributed by atoms with E-state index >= 15 is 0 Å². The first kappa shape index (κ1) is 13.4. The summed E-state index contributed by atoms with van der Waals surface area (Å²) in [5.41, 5.74) is 1.67. The van der Waals surface area contributed by atoms with E-state index in [9.17, 15) is 0 Å². The summed E-state index contributed by atoms with van der Waals surface area (Å²) in [6.45, 7) is 2.24. The smallest absolute Gasteiger partial charge is 0.101 e. The zero-order valence-electron chi connectivity index (χ0n) is 10.7. The van der Waals surface area contributed by atoms with Crippen molar-refractivity contribution >= 4 is 21.6 Å². The van der Waals surface area contributed by atoms with Crippen molar-refractivity contribution in [1.82, 2.24) is 0 Å². The second-order valence-corrected chi connectivity index (χ2v) is 6.05. The van der Waals surface area contributed by atoms with Crippen LogP contribution in [0.1, 0.15) is 44.6 Å². The molecule has 1 aliphatic carbocycles. The molecule has 0 aliphatic heterocycles. The molecular weight excluding hydrogens is 288 g/mol. The van der Waals surface area contributed by atoms with E-state index in [-0.39, 0.29) is 0 Å². The van der Waals surface area contributed by atoms with E-state index in [2.05, 4.69) is 34.2 Å². The molecule has 0 radical (unpaired) electrons. The van der Waals surface area contributed by atoms with Crippen molar-refractivity contribution < 1.29 is 0 Å². The zero-order chi connectivity index (χ0) is 13.0. The minimum atomic E-state index is 0.443. The van der Waals surface area contributed by atoms with Crippen molar-refractivity contribution in [3.05, 3.63) is 28.2 Å². The van der Waals surface area contributed by atoms with Crippen molar-refractivity contribution in [2.24, 2.45) is 5.92 Å². The van der Waals surface area contributed by atoms with Gasteiger partial charge in [0, 0.05) is 10.5 Å². The Balaban J connectivity index is 2.06. The topological polar surface area (TPSA) is 35.8 Å². The molecule has 0 bridgehead atoms. The van der Waals surface area contributed by atoms with E-state index in [1.807, 2.05) is 18.2 Å². The molecule has 2 rings (SSSR count). The van der Waals surface area contributed by atoms with Crippen LogP contribution in [0.3, 0.4) is 0 Å². The van der Waals surface area contributed by atoms with Crippen LogP contribution in [0.25, 0.3) is 0 Å². The highest BCUT2D eigenvalue weighted by molar-refractivity contribution is 9.10. The van der Waals surface area contributed by atoms with Crippen LogP contribution >= 0.6 is 15.9 Å². The number of rotatable bonds is 3. The van der Waals surface area contributed by atoms with Crippen LogP contribution in [0.2, 0.25) is 0 Å². The lowest BCUT2D eigenvalue weighted by atomic mass is 9.84. The minimum Gasteiger partial charge on any atom is -0.381 e. The van der Waals surface area contributed by atoms with Crippen LogP contribution in [0, 0.1) is 17.2 Å². The highest BCUT2D eigenvalue weighted by Gasteiger charge is 2.20. The fourth-order valence-electron chi connectivity index (χ4n) is 2.73. The molecule has 1 N–H and O–H groups in total. The monoisotopic (exact) mass is 306 g/mol. The molecule has 1 saturated carbocycles. The SMILES string of the molecule is CC(Nc1ccc(Br)cc1C#N)C1CCCCC1. The van der Waals surface area contributed by atoms with Crippen LogP contribution in [0.5, 0.6) is 0 Å². The number of hydrogen-bond donors (Lipinski definition) is 1. The molecule has 1 aromatic carbocycles. The largest absolute Gasteiger partial charge is 0.381 e. The number of anilines is 1. The van der Waals surface area contributed by atoms with Crippen molar-refractivity contribution in [1.29, 1.82) is 5.26 Å². The Labute approximate surface area is 118 Å². The van der Waals surface area contributed by atoms with Crippen molar-refractivity contribution in [3.63, 3.8) is 0 Å². The number of hydrogen-bond acceptors (Lipinski definition) is 2. The van der Waals surface area contributed by atoms with Gasteiger partial charge in [-0.05, 0) is 43.9 Å². The molecule has 2 nitrogen and oxygen atoms in total. The number of nitrogens with one attached hydrogen (secondary N) is 1. The molecule has 1 aliphatic rings. The minimum absolute atomic E-state index is 0.443. The van der Waals surface area contributed by atoms with Gasteiger partial charge in [-0.1, -0.05) is 35.2 Å². The summed E-state index contributed by atoms with van der Waals surface area (Å²) < 4.78 is 0.954. The second kappa shape index (κ2) is 6.24. The van der Waals surface area contributed by atoms with E-state index in [1.54, 1.807) is 0 Å². The molecule has 3 heteroatoms. The van der Waals surface area contributed by atoms with Crippen LogP contribution in [0.4, 0.5) is 5.69 Å². The number of nitrogens with zero attached hydrogens (tertiary/aromatic N) is 1. The Morgan fingerprint density at radius 3 is 2.72 bits per heavy atom. The van der Waals surface area contributed by atoms with E-state index in [0.29, 0.717) is 11.6 Å². The van der Waals surface area contributed by atoms with Gasteiger partial charge in [-0.25, -0.2) is 0 Å².